The third kappa shape index (κ3) is 3.49. The number of ether oxygens (including phenoxy) is 1. The molecule has 0 fully saturated rings. The highest BCUT2D eigenvalue weighted by atomic mass is 35.5. The van der Waals surface area contributed by atoms with Gasteiger partial charge in [0.1, 0.15) is 12.4 Å². The van der Waals surface area contributed by atoms with Crippen LogP contribution in [0.2, 0.25) is 5.02 Å². The Hall–Kier alpha value is -1.72. The van der Waals surface area contributed by atoms with E-state index in [1.807, 2.05) is 19.2 Å². The van der Waals surface area contributed by atoms with Crippen LogP contribution in [0.3, 0.4) is 0 Å². The Bertz CT molecular complexity index is 605. The van der Waals surface area contributed by atoms with Crippen LogP contribution in [0, 0.1) is 5.92 Å². The number of rotatable bonds is 5. The third-order valence-electron chi connectivity index (χ3n) is 3.44. The number of nitrogen functional groups attached to an aromatic ring is 1. The van der Waals surface area contributed by atoms with Gasteiger partial charge < -0.3 is 16.2 Å². The fraction of sp³-hybridized carbons (Fsp3) is 0.400. The molecule has 2 aromatic rings. The van der Waals surface area contributed by atoms with Crippen molar-refractivity contribution in [3.63, 3.8) is 0 Å². The molecule has 0 aliphatic heterocycles. The number of anilines is 1. The van der Waals surface area contributed by atoms with Gasteiger partial charge in [0.2, 0.25) is 0 Å². The van der Waals surface area contributed by atoms with Crippen LogP contribution < -0.4 is 16.2 Å². The first-order chi connectivity index (χ1) is 9.90. The number of hydrogen-bond acceptors (Lipinski definition) is 4. The Kier molecular flexibility index (Phi) is 4.75. The zero-order chi connectivity index (χ0) is 15.6. The first-order valence-electron chi connectivity index (χ1n) is 6.86. The summed E-state index contributed by atoms with van der Waals surface area (Å²) in [5, 5.41) is 4.71. The van der Waals surface area contributed by atoms with Crippen LogP contribution in [-0.2, 0) is 7.05 Å². The third-order valence-corrected chi connectivity index (χ3v) is 3.72. The molecule has 0 radical (unpaired) electrons. The molecule has 5 nitrogen and oxygen atoms in total. The highest BCUT2D eigenvalue weighted by Crippen LogP contribution is 2.36. The molecular formula is C15H21ClN4O. The quantitative estimate of drug-likeness (QED) is 0.832. The number of aromatic nitrogens is 2. The van der Waals surface area contributed by atoms with Gasteiger partial charge in [-0.3, -0.25) is 4.68 Å². The van der Waals surface area contributed by atoms with Crippen molar-refractivity contribution >= 4 is 17.3 Å². The molecule has 0 aliphatic carbocycles. The van der Waals surface area contributed by atoms with E-state index in [4.69, 9.17) is 27.8 Å². The monoisotopic (exact) mass is 308 g/mol. The lowest BCUT2D eigenvalue weighted by Gasteiger charge is -2.18. The maximum atomic E-state index is 6.21. The second-order valence-electron chi connectivity index (χ2n) is 5.44. The first kappa shape index (κ1) is 15.7. The Labute approximate surface area is 129 Å². The lowest BCUT2D eigenvalue weighted by Crippen LogP contribution is -2.33. The molecule has 114 valence electrons. The molecule has 0 spiro atoms. The van der Waals surface area contributed by atoms with Crippen molar-refractivity contribution in [1.82, 2.24) is 9.78 Å². The van der Waals surface area contributed by atoms with Crippen molar-refractivity contribution in [2.45, 2.75) is 19.9 Å². The van der Waals surface area contributed by atoms with Gasteiger partial charge in [0.25, 0.3) is 0 Å². The molecule has 1 aromatic carbocycles. The lowest BCUT2D eigenvalue weighted by molar-refractivity contribution is 0.260. The summed E-state index contributed by atoms with van der Waals surface area (Å²) < 4.78 is 7.57. The predicted octanol–water partition coefficient (Wildman–Crippen LogP) is 2.68. The number of aryl methyl sites for hydroxylation is 1. The molecule has 0 aliphatic rings. The van der Waals surface area contributed by atoms with Crippen molar-refractivity contribution < 1.29 is 4.74 Å². The van der Waals surface area contributed by atoms with E-state index in [0.29, 0.717) is 29.0 Å². The second-order valence-corrected chi connectivity index (χ2v) is 5.85. The van der Waals surface area contributed by atoms with Gasteiger partial charge in [0, 0.05) is 24.3 Å². The van der Waals surface area contributed by atoms with Gasteiger partial charge >= 0.3 is 0 Å². The van der Waals surface area contributed by atoms with Gasteiger partial charge in [-0.2, -0.15) is 5.10 Å². The number of halogens is 1. The number of nitrogens with two attached hydrogens (primary N) is 2. The van der Waals surface area contributed by atoms with Crippen LogP contribution in [0.15, 0.2) is 24.4 Å². The predicted molar refractivity (Wildman–Crippen MR) is 86.4 cm³/mol. The van der Waals surface area contributed by atoms with Crippen LogP contribution in [0.5, 0.6) is 5.75 Å². The van der Waals surface area contributed by atoms with Gasteiger partial charge in [0.15, 0.2) is 0 Å². The van der Waals surface area contributed by atoms with E-state index in [0.717, 1.165) is 11.3 Å². The van der Waals surface area contributed by atoms with Crippen LogP contribution in [0.25, 0.3) is 11.3 Å². The van der Waals surface area contributed by atoms with E-state index in [9.17, 15) is 0 Å². The number of hydrogen-bond donors (Lipinski definition) is 2. The smallest absolute Gasteiger partial charge is 0.128 e. The largest absolute Gasteiger partial charge is 0.491 e. The van der Waals surface area contributed by atoms with E-state index in [2.05, 4.69) is 18.9 Å². The van der Waals surface area contributed by atoms with Gasteiger partial charge in [-0.05, 0) is 24.1 Å². The molecule has 0 saturated heterocycles. The molecule has 0 bridgehead atoms. The number of benzene rings is 1. The van der Waals surface area contributed by atoms with E-state index in [-0.39, 0.29) is 6.04 Å². The molecule has 2 rings (SSSR count). The topological polar surface area (TPSA) is 79.1 Å². The van der Waals surface area contributed by atoms with E-state index >= 15 is 0 Å². The maximum absolute atomic E-state index is 6.21. The molecule has 6 heteroatoms. The summed E-state index contributed by atoms with van der Waals surface area (Å²) in [5.41, 5.74) is 14.1. The van der Waals surface area contributed by atoms with Gasteiger partial charge in [-0.25, -0.2) is 0 Å². The summed E-state index contributed by atoms with van der Waals surface area (Å²) in [6, 6.07) is 5.43. The van der Waals surface area contributed by atoms with Crippen LogP contribution in [0.1, 0.15) is 13.8 Å². The molecular weight excluding hydrogens is 288 g/mol. The van der Waals surface area contributed by atoms with Crippen molar-refractivity contribution in [3.05, 3.63) is 29.4 Å². The summed E-state index contributed by atoms with van der Waals surface area (Å²) >= 11 is 6.21. The average molecular weight is 309 g/mol. The van der Waals surface area contributed by atoms with Crippen molar-refractivity contribution in [2.75, 3.05) is 12.3 Å². The standard InChI is InChI=1S/C15H21ClN4O/c1-9(2)13(18)8-21-14-5-4-10(17)6-11(14)15-12(16)7-19-20(15)3/h4-7,9,13H,8,17-18H2,1-3H3/t13-/m0/s1. The molecule has 21 heavy (non-hydrogen) atoms. The fourth-order valence-electron chi connectivity index (χ4n) is 1.95. The summed E-state index contributed by atoms with van der Waals surface area (Å²) in [5.74, 6) is 1.05. The molecule has 0 unspecified atom stereocenters. The normalized spacial score (nSPS) is 12.7. The SMILES string of the molecule is CC(C)[C@@H](N)COc1ccc(N)cc1-c1c(Cl)cnn1C. The highest BCUT2D eigenvalue weighted by molar-refractivity contribution is 6.33. The summed E-state index contributed by atoms with van der Waals surface area (Å²) in [6.07, 6.45) is 1.60. The fourth-order valence-corrected chi connectivity index (χ4v) is 2.22. The molecule has 1 heterocycles. The number of nitrogens with zero attached hydrogens (tertiary/aromatic N) is 2. The minimum Gasteiger partial charge on any atom is -0.491 e. The minimum atomic E-state index is -0.0302. The zero-order valence-corrected chi connectivity index (χ0v) is 13.3. The minimum absolute atomic E-state index is 0.0302. The Morgan fingerprint density at radius 2 is 2.10 bits per heavy atom. The molecule has 4 N–H and O–H groups in total. The van der Waals surface area contributed by atoms with Crippen molar-refractivity contribution in [2.24, 2.45) is 18.7 Å². The van der Waals surface area contributed by atoms with E-state index in [1.54, 1.807) is 16.9 Å². The summed E-state index contributed by atoms with van der Waals surface area (Å²) in [6.45, 7) is 4.57. The molecule has 0 saturated carbocycles. The molecule has 1 aromatic heterocycles. The summed E-state index contributed by atoms with van der Waals surface area (Å²) in [7, 11) is 1.83. The van der Waals surface area contributed by atoms with Crippen molar-refractivity contribution in [3.8, 4) is 17.0 Å². The lowest BCUT2D eigenvalue weighted by atomic mass is 10.1. The van der Waals surface area contributed by atoms with Crippen LogP contribution in [-0.4, -0.2) is 22.4 Å². The van der Waals surface area contributed by atoms with Gasteiger partial charge in [-0.1, -0.05) is 25.4 Å². The maximum Gasteiger partial charge on any atom is 0.128 e. The van der Waals surface area contributed by atoms with Gasteiger partial charge in [0.05, 0.1) is 16.9 Å². The van der Waals surface area contributed by atoms with E-state index < -0.39 is 0 Å². The Morgan fingerprint density at radius 1 is 1.38 bits per heavy atom. The molecule has 1 atom stereocenters. The Balaban J connectivity index is 2.35. The molecule has 0 amide bonds. The summed E-state index contributed by atoms with van der Waals surface area (Å²) in [4.78, 5) is 0. The Morgan fingerprint density at radius 3 is 2.67 bits per heavy atom. The first-order valence-corrected chi connectivity index (χ1v) is 7.23. The second kappa shape index (κ2) is 6.37. The average Bonchev–Trinajstić information content (AvgIpc) is 2.76. The van der Waals surface area contributed by atoms with Crippen molar-refractivity contribution in [1.29, 1.82) is 0 Å². The van der Waals surface area contributed by atoms with Gasteiger partial charge in [-0.15, -0.1) is 0 Å². The van der Waals surface area contributed by atoms with E-state index in [1.165, 1.54) is 0 Å². The van der Waals surface area contributed by atoms with Crippen LogP contribution in [0.4, 0.5) is 5.69 Å². The van der Waals surface area contributed by atoms with Crippen LogP contribution >= 0.6 is 11.6 Å². The zero-order valence-electron chi connectivity index (χ0n) is 12.5. The highest BCUT2D eigenvalue weighted by Gasteiger charge is 2.16.